The Balaban J connectivity index is 4.47. The second-order valence-corrected chi connectivity index (χ2v) is 18.5. The molecule has 0 saturated carbocycles. The first kappa shape index (κ1) is 63.6. The summed E-state index contributed by atoms with van der Waals surface area (Å²) in [6, 6.07) is 0. The summed E-state index contributed by atoms with van der Waals surface area (Å²) >= 11 is 0. The maximum absolute atomic E-state index is 12.8. The Labute approximate surface area is 414 Å². The minimum absolute atomic E-state index is 0.0936. The molecule has 6 nitrogen and oxygen atoms in total. The van der Waals surface area contributed by atoms with Crippen LogP contribution in [0.3, 0.4) is 0 Å². The van der Waals surface area contributed by atoms with Crippen LogP contribution < -0.4 is 0 Å². The Bertz CT molecular complexity index is 1300. The van der Waals surface area contributed by atoms with Crippen LogP contribution in [0.1, 0.15) is 265 Å². The van der Waals surface area contributed by atoms with Crippen molar-refractivity contribution >= 4 is 17.9 Å². The number of ether oxygens (including phenoxy) is 3. The van der Waals surface area contributed by atoms with Crippen molar-refractivity contribution in [3.8, 4) is 0 Å². The van der Waals surface area contributed by atoms with E-state index in [0.29, 0.717) is 12.8 Å². The number of allylic oxidation sites excluding steroid dienone is 14. The second-order valence-electron chi connectivity index (χ2n) is 18.5. The second kappa shape index (κ2) is 55.2. The SMILES string of the molecule is CC/C=C\C/C=C\C/C=C\CCCCCCCC(=O)OC[C@H](COC(=O)CCCCCCCCCCCCCCCCC)OC(=O)CCCCC/C=C\C/C=C\C/C=C\C/C=C\CCCCC. The standard InChI is InChI=1S/C61H104O6/c1-4-7-10-13-16-19-22-25-28-29-30-31-34-37-40-43-46-49-52-55-61(64)67-58(56-65-59(62)53-50-47-44-41-38-35-32-26-23-20-17-14-11-8-5-2)57-66-60(63)54-51-48-45-42-39-36-33-27-24-21-18-15-12-9-6-3/h8,11,16-17,19-20,25-26,28,30-32,37,40,58H,4-7,9-10,12-15,18,21-24,27,29,33-36,38-39,41-57H2,1-3H3/b11-8-,19-16-,20-17-,28-25-,31-30-,32-26-,40-37-/t58-/m1/s1. The molecule has 6 heteroatoms. The lowest BCUT2D eigenvalue weighted by Gasteiger charge is -2.18. The van der Waals surface area contributed by atoms with Gasteiger partial charge in [-0.15, -0.1) is 0 Å². The predicted octanol–water partition coefficient (Wildman–Crippen LogP) is 18.8. The molecule has 0 fully saturated rings. The zero-order chi connectivity index (χ0) is 48.6. The molecule has 0 bridgehead atoms. The molecule has 0 spiro atoms. The van der Waals surface area contributed by atoms with E-state index in [-0.39, 0.29) is 37.5 Å². The molecule has 0 aliphatic heterocycles. The first-order valence-corrected chi connectivity index (χ1v) is 28.1. The Morgan fingerprint density at radius 3 is 0.955 bits per heavy atom. The fourth-order valence-electron chi connectivity index (χ4n) is 7.68. The van der Waals surface area contributed by atoms with Crippen molar-refractivity contribution in [1.29, 1.82) is 0 Å². The average molecular weight is 933 g/mol. The van der Waals surface area contributed by atoms with Gasteiger partial charge in [-0.05, 0) is 96.3 Å². The lowest BCUT2D eigenvalue weighted by atomic mass is 10.0. The Kier molecular flexibility index (Phi) is 52.4. The van der Waals surface area contributed by atoms with Crippen molar-refractivity contribution < 1.29 is 28.6 Å². The van der Waals surface area contributed by atoms with E-state index < -0.39 is 6.10 Å². The summed E-state index contributed by atoms with van der Waals surface area (Å²) in [6.07, 6.45) is 71.4. The lowest BCUT2D eigenvalue weighted by molar-refractivity contribution is -0.167. The molecule has 0 aliphatic carbocycles. The third kappa shape index (κ3) is 53.4. The molecule has 0 saturated heterocycles. The van der Waals surface area contributed by atoms with Gasteiger partial charge < -0.3 is 14.2 Å². The first-order valence-electron chi connectivity index (χ1n) is 28.1. The lowest BCUT2D eigenvalue weighted by Crippen LogP contribution is -2.30. The molecule has 0 rings (SSSR count). The molecule has 0 unspecified atom stereocenters. The molecule has 0 heterocycles. The summed E-state index contributed by atoms with van der Waals surface area (Å²) < 4.78 is 16.8. The van der Waals surface area contributed by atoms with Gasteiger partial charge in [-0.25, -0.2) is 0 Å². The first-order chi connectivity index (χ1) is 33.0. The summed E-state index contributed by atoms with van der Waals surface area (Å²) in [7, 11) is 0. The number of unbranched alkanes of at least 4 members (excludes halogenated alkanes) is 25. The van der Waals surface area contributed by atoms with Crippen LogP contribution in [-0.2, 0) is 28.6 Å². The van der Waals surface area contributed by atoms with Gasteiger partial charge in [0, 0.05) is 19.3 Å². The molecular formula is C61H104O6. The number of carbonyl (C=O) groups is 3. The van der Waals surface area contributed by atoms with Crippen LogP contribution in [-0.4, -0.2) is 37.2 Å². The smallest absolute Gasteiger partial charge is 0.306 e. The average Bonchev–Trinajstić information content (AvgIpc) is 3.33. The van der Waals surface area contributed by atoms with E-state index in [1.54, 1.807) is 0 Å². The van der Waals surface area contributed by atoms with Crippen molar-refractivity contribution in [2.24, 2.45) is 0 Å². The van der Waals surface area contributed by atoms with Crippen LogP contribution >= 0.6 is 0 Å². The minimum atomic E-state index is -0.800. The maximum Gasteiger partial charge on any atom is 0.306 e. The molecular weight excluding hydrogens is 829 g/mol. The highest BCUT2D eigenvalue weighted by Crippen LogP contribution is 2.15. The van der Waals surface area contributed by atoms with Crippen molar-refractivity contribution in [2.75, 3.05) is 13.2 Å². The van der Waals surface area contributed by atoms with Gasteiger partial charge in [0.15, 0.2) is 6.10 Å². The van der Waals surface area contributed by atoms with Crippen molar-refractivity contribution in [2.45, 2.75) is 271 Å². The van der Waals surface area contributed by atoms with Crippen molar-refractivity contribution in [1.82, 2.24) is 0 Å². The van der Waals surface area contributed by atoms with Gasteiger partial charge in [0.05, 0.1) is 0 Å². The highest BCUT2D eigenvalue weighted by molar-refractivity contribution is 5.71. The Hall–Kier alpha value is -3.41. The number of hydrogen-bond acceptors (Lipinski definition) is 6. The van der Waals surface area contributed by atoms with Crippen LogP contribution in [0, 0.1) is 0 Å². The van der Waals surface area contributed by atoms with Crippen LogP contribution in [0.15, 0.2) is 85.1 Å². The molecule has 0 amide bonds. The summed E-state index contributed by atoms with van der Waals surface area (Å²) in [4.78, 5) is 38.1. The van der Waals surface area contributed by atoms with Crippen LogP contribution in [0.4, 0.5) is 0 Å². The zero-order valence-electron chi connectivity index (χ0n) is 43.9. The van der Waals surface area contributed by atoms with Gasteiger partial charge in [-0.2, -0.15) is 0 Å². The largest absolute Gasteiger partial charge is 0.462 e. The molecule has 0 aliphatic rings. The molecule has 1 atom stereocenters. The number of hydrogen-bond donors (Lipinski definition) is 0. The normalized spacial score (nSPS) is 12.7. The van der Waals surface area contributed by atoms with E-state index in [2.05, 4.69) is 106 Å². The van der Waals surface area contributed by atoms with Crippen molar-refractivity contribution in [3.63, 3.8) is 0 Å². The van der Waals surface area contributed by atoms with E-state index in [1.807, 2.05) is 0 Å². The molecule has 0 aromatic carbocycles. The van der Waals surface area contributed by atoms with Crippen LogP contribution in [0.5, 0.6) is 0 Å². The zero-order valence-corrected chi connectivity index (χ0v) is 43.9. The van der Waals surface area contributed by atoms with Gasteiger partial charge in [0.25, 0.3) is 0 Å². The van der Waals surface area contributed by atoms with Crippen LogP contribution in [0.2, 0.25) is 0 Å². The molecule has 0 aromatic heterocycles. The molecule has 0 aromatic rings. The van der Waals surface area contributed by atoms with E-state index >= 15 is 0 Å². The summed E-state index contributed by atoms with van der Waals surface area (Å²) in [5.74, 6) is -0.937. The molecule has 0 N–H and O–H groups in total. The third-order valence-electron chi connectivity index (χ3n) is 11.9. The fourth-order valence-corrected chi connectivity index (χ4v) is 7.68. The summed E-state index contributed by atoms with van der Waals surface area (Å²) in [6.45, 7) is 6.47. The Morgan fingerprint density at radius 2 is 0.582 bits per heavy atom. The number of carbonyl (C=O) groups excluding carboxylic acids is 3. The van der Waals surface area contributed by atoms with E-state index in [4.69, 9.17) is 14.2 Å². The van der Waals surface area contributed by atoms with E-state index in [1.165, 1.54) is 103 Å². The van der Waals surface area contributed by atoms with Crippen molar-refractivity contribution in [3.05, 3.63) is 85.1 Å². The topological polar surface area (TPSA) is 78.9 Å². The Morgan fingerprint density at radius 1 is 0.313 bits per heavy atom. The predicted molar refractivity (Wildman–Crippen MR) is 288 cm³/mol. The number of esters is 3. The third-order valence-corrected chi connectivity index (χ3v) is 11.9. The molecule has 384 valence electrons. The summed E-state index contributed by atoms with van der Waals surface area (Å²) in [5, 5.41) is 0. The van der Waals surface area contributed by atoms with Gasteiger partial charge in [0.2, 0.25) is 0 Å². The van der Waals surface area contributed by atoms with E-state index in [9.17, 15) is 14.4 Å². The van der Waals surface area contributed by atoms with Gasteiger partial charge in [-0.1, -0.05) is 234 Å². The monoisotopic (exact) mass is 933 g/mol. The fraction of sp³-hybridized carbons (Fsp3) is 0.721. The van der Waals surface area contributed by atoms with Gasteiger partial charge >= 0.3 is 17.9 Å². The van der Waals surface area contributed by atoms with Crippen LogP contribution in [0.25, 0.3) is 0 Å². The number of rotatable bonds is 50. The quantitative estimate of drug-likeness (QED) is 0.0262. The molecule has 0 radical (unpaired) electrons. The van der Waals surface area contributed by atoms with Gasteiger partial charge in [-0.3, -0.25) is 14.4 Å². The van der Waals surface area contributed by atoms with Gasteiger partial charge in [0.1, 0.15) is 13.2 Å². The minimum Gasteiger partial charge on any atom is -0.462 e. The maximum atomic E-state index is 12.8. The molecule has 67 heavy (non-hydrogen) atoms. The highest BCUT2D eigenvalue weighted by Gasteiger charge is 2.19. The highest BCUT2D eigenvalue weighted by atomic mass is 16.6. The summed E-state index contributed by atoms with van der Waals surface area (Å²) in [5.41, 5.74) is 0. The van der Waals surface area contributed by atoms with E-state index in [0.717, 1.165) is 122 Å².